The fourth-order valence-corrected chi connectivity index (χ4v) is 4.09. The second-order valence-electron chi connectivity index (χ2n) is 8.10. The van der Waals surface area contributed by atoms with Gasteiger partial charge in [-0.2, -0.15) is 5.10 Å². The predicted octanol–water partition coefficient (Wildman–Crippen LogP) is 2.89. The van der Waals surface area contributed by atoms with Gasteiger partial charge < -0.3 is 9.64 Å². The third-order valence-electron chi connectivity index (χ3n) is 5.97. The van der Waals surface area contributed by atoms with Crippen LogP contribution in [0.5, 0.6) is 0 Å². The summed E-state index contributed by atoms with van der Waals surface area (Å²) in [5.41, 5.74) is 0.926. The van der Waals surface area contributed by atoms with Crippen LogP contribution in [0.1, 0.15) is 17.5 Å². The van der Waals surface area contributed by atoms with Gasteiger partial charge in [-0.15, -0.1) is 0 Å². The summed E-state index contributed by atoms with van der Waals surface area (Å²) in [7, 11) is 3.42. The number of fused-ring (bicyclic) bond motifs is 1. The molecule has 0 aliphatic carbocycles. The first kappa shape index (κ1) is 21.2. The van der Waals surface area contributed by atoms with Crippen molar-refractivity contribution >= 4 is 16.7 Å². The summed E-state index contributed by atoms with van der Waals surface area (Å²) in [5, 5.41) is 4.35. The van der Waals surface area contributed by atoms with Crippen LogP contribution in [0.3, 0.4) is 0 Å². The van der Waals surface area contributed by atoms with Crippen molar-refractivity contribution in [3.05, 3.63) is 70.0 Å². The Bertz CT molecular complexity index is 1430. The molecule has 0 spiro atoms. The zero-order chi connectivity index (χ0) is 23.3. The van der Waals surface area contributed by atoms with Crippen LogP contribution in [-0.4, -0.2) is 44.0 Å². The van der Waals surface area contributed by atoms with E-state index >= 15 is 0 Å². The van der Waals surface area contributed by atoms with E-state index in [0.29, 0.717) is 36.9 Å². The van der Waals surface area contributed by atoms with Crippen molar-refractivity contribution in [1.29, 1.82) is 0 Å². The van der Waals surface area contributed by atoms with Gasteiger partial charge in [0, 0.05) is 50.6 Å². The predicted molar refractivity (Wildman–Crippen MR) is 119 cm³/mol. The molecule has 0 bridgehead atoms. The molecule has 3 aromatic heterocycles. The fourth-order valence-electron chi connectivity index (χ4n) is 4.09. The van der Waals surface area contributed by atoms with Crippen LogP contribution in [0, 0.1) is 18.6 Å². The van der Waals surface area contributed by atoms with E-state index < -0.39 is 11.6 Å². The van der Waals surface area contributed by atoms with E-state index in [2.05, 4.69) is 15.1 Å². The number of hydrogen-bond donors (Lipinski definition) is 0. The number of benzene rings is 1. The minimum absolute atomic E-state index is 0.0667. The van der Waals surface area contributed by atoms with E-state index in [1.165, 1.54) is 16.7 Å². The highest BCUT2D eigenvalue weighted by Gasteiger charge is 2.26. The molecule has 4 aromatic rings. The first-order valence-electron chi connectivity index (χ1n) is 10.5. The number of ether oxygens (including phenoxy) is 1. The van der Waals surface area contributed by atoms with Crippen LogP contribution in [-0.2, 0) is 18.8 Å². The molecule has 170 valence electrons. The van der Waals surface area contributed by atoms with E-state index in [-0.39, 0.29) is 28.3 Å². The molecule has 0 N–H and O–H groups in total. The number of aryl methyl sites for hydroxylation is 2. The molecule has 1 aliphatic heterocycles. The lowest BCUT2D eigenvalue weighted by Crippen LogP contribution is -2.39. The topological polar surface area (TPSA) is 78.1 Å². The van der Waals surface area contributed by atoms with E-state index in [0.717, 1.165) is 11.6 Å². The van der Waals surface area contributed by atoms with Gasteiger partial charge in [-0.25, -0.2) is 18.7 Å². The smallest absolute Gasteiger partial charge is 0.263 e. The first-order valence-corrected chi connectivity index (χ1v) is 10.5. The molecule has 33 heavy (non-hydrogen) atoms. The Hall–Kier alpha value is -3.66. The largest absolute Gasteiger partial charge is 0.370 e. The van der Waals surface area contributed by atoms with Crippen LogP contribution in [0.4, 0.5) is 14.6 Å². The summed E-state index contributed by atoms with van der Waals surface area (Å²) in [5.74, 6) is -1.04. The third-order valence-corrected chi connectivity index (χ3v) is 5.97. The normalized spacial score (nSPS) is 16.5. The van der Waals surface area contributed by atoms with Crippen LogP contribution < -0.4 is 10.5 Å². The lowest BCUT2D eigenvalue weighted by Gasteiger charge is -2.33. The Morgan fingerprint density at radius 3 is 2.76 bits per heavy atom. The molecule has 0 radical (unpaired) electrons. The highest BCUT2D eigenvalue weighted by molar-refractivity contribution is 5.93. The highest BCUT2D eigenvalue weighted by atomic mass is 19.2. The zero-order valence-corrected chi connectivity index (χ0v) is 18.4. The third kappa shape index (κ3) is 3.66. The van der Waals surface area contributed by atoms with Gasteiger partial charge in [-0.05, 0) is 19.1 Å². The van der Waals surface area contributed by atoms with Gasteiger partial charge >= 0.3 is 0 Å². The Kier molecular flexibility index (Phi) is 5.16. The number of morpholine rings is 1. The van der Waals surface area contributed by atoms with Crippen molar-refractivity contribution in [3.8, 4) is 11.3 Å². The van der Waals surface area contributed by atoms with Crippen molar-refractivity contribution < 1.29 is 13.5 Å². The number of pyridine rings is 1. The summed E-state index contributed by atoms with van der Waals surface area (Å²) in [6.45, 7) is 3.20. The van der Waals surface area contributed by atoms with E-state index in [9.17, 15) is 13.6 Å². The van der Waals surface area contributed by atoms with Crippen LogP contribution in [0.25, 0.3) is 22.2 Å². The SMILES string of the molecule is Cc1nc2cc(N3CCOC(c4cnn(C)c4)C3)nc(-c3cccc(F)c3F)c2c(=O)n1C. The molecule has 4 heterocycles. The average Bonchev–Trinajstić information content (AvgIpc) is 3.25. The molecular formula is C23H22F2N6O2. The Morgan fingerprint density at radius 2 is 2.00 bits per heavy atom. The summed E-state index contributed by atoms with van der Waals surface area (Å²) in [6, 6.07) is 5.57. The standard InChI is InChI=1S/C23H22F2N6O2/c1-13-27-17-9-19(31-7-8-33-18(12-31)14-10-26-29(2)11-14)28-22(20(17)23(32)30(13)3)15-5-4-6-16(24)21(15)25/h4-6,9-11,18H,7-8,12H2,1-3H3. The van der Waals surface area contributed by atoms with Crippen molar-refractivity contribution in [3.63, 3.8) is 0 Å². The molecule has 5 rings (SSSR count). The summed E-state index contributed by atoms with van der Waals surface area (Å²) < 4.78 is 37.9. The van der Waals surface area contributed by atoms with Crippen molar-refractivity contribution in [2.45, 2.75) is 13.0 Å². The fraction of sp³-hybridized carbons (Fsp3) is 0.304. The Morgan fingerprint density at radius 1 is 1.18 bits per heavy atom. The second-order valence-corrected chi connectivity index (χ2v) is 8.10. The van der Waals surface area contributed by atoms with E-state index in [1.807, 2.05) is 18.1 Å². The molecule has 0 saturated carbocycles. The van der Waals surface area contributed by atoms with Gasteiger partial charge in [0.2, 0.25) is 0 Å². The van der Waals surface area contributed by atoms with Gasteiger partial charge in [0.15, 0.2) is 11.6 Å². The lowest BCUT2D eigenvalue weighted by molar-refractivity contribution is 0.0395. The number of anilines is 1. The molecule has 1 saturated heterocycles. The molecule has 0 amide bonds. The summed E-state index contributed by atoms with van der Waals surface area (Å²) >= 11 is 0. The molecular weight excluding hydrogens is 430 g/mol. The van der Waals surface area contributed by atoms with Crippen molar-refractivity contribution in [2.75, 3.05) is 24.6 Å². The molecule has 1 atom stereocenters. The lowest BCUT2D eigenvalue weighted by atomic mass is 10.1. The molecule has 1 aromatic carbocycles. The maximum absolute atomic E-state index is 14.8. The van der Waals surface area contributed by atoms with Gasteiger partial charge in [0.25, 0.3) is 5.56 Å². The van der Waals surface area contributed by atoms with Gasteiger partial charge in [-0.3, -0.25) is 14.0 Å². The minimum atomic E-state index is -1.05. The number of hydrogen-bond acceptors (Lipinski definition) is 6. The second kappa shape index (κ2) is 8.04. The number of nitrogens with zero attached hydrogens (tertiary/aromatic N) is 6. The maximum Gasteiger partial charge on any atom is 0.263 e. The maximum atomic E-state index is 14.8. The Balaban J connectivity index is 1.68. The van der Waals surface area contributed by atoms with Crippen molar-refractivity contribution in [1.82, 2.24) is 24.3 Å². The van der Waals surface area contributed by atoms with Gasteiger partial charge in [-0.1, -0.05) is 6.07 Å². The minimum Gasteiger partial charge on any atom is -0.370 e. The molecule has 1 fully saturated rings. The summed E-state index contributed by atoms with van der Waals surface area (Å²) in [6.07, 6.45) is 3.42. The van der Waals surface area contributed by atoms with Crippen LogP contribution >= 0.6 is 0 Å². The zero-order valence-electron chi connectivity index (χ0n) is 18.4. The van der Waals surface area contributed by atoms with Crippen LogP contribution in [0.15, 0.2) is 41.5 Å². The Labute approximate surface area is 188 Å². The highest BCUT2D eigenvalue weighted by Crippen LogP contribution is 2.32. The van der Waals surface area contributed by atoms with E-state index in [1.54, 1.807) is 30.9 Å². The molecule has 10 heteroatoms. The monoisotopic (exact) mass is 452 g/mol. The van der Waals surface area contributed by atoms with Gasteiger partial charge in [0.1, 0.15) is 17.7 Å². The molecule has 8 nitrogen and oxygen atoms in total. The van der Waals surface area contributed by atoms with Gasteiger partial charge in [0.05, 0.1) is 29.4 Å². The first-order chi connectivity index (χ1) is 15.8. The van der Waals surface area contributed by atoms with E-state index in [4.69, 9.17) is 4.74 Å². The number of aromatic nitrogens is 5. The van der Waals surface area contributed by atoms with Crippen molar-refractivity contribution in [2.24, 2.45) is 14.1 Å². The quantitative estimate of drug-likeness (QED) is 0.476. The molecule has 1 aliphatic rings. The average molecular weight is 452 g/mol. The van der Waals surface area contributed by atoms with Crippen LogP contribution in [0.2, 0.25) is 0 Å². The summed E-state index contributed by atoms with van der Waals surface area (Å²) in [4.78, 5) is 24.3. The molecule has 1 unspecified atom stereocenters. The number of halogens is 2. The number of rotatable bonds is 3.